The quantitative estimate of drug-likeness (QED) is 0.754. The first-order chi connectivity index (χ1) is 13.7. The lowest BCUT2D eigenvalue weighted by atomic mass is 10.0. The second-order valence-electron chi connectivity index (χ2n) is 7.41. The number of aryl methyl sites for hydroxylation is 1. The number of nitrogens with zero attached hydrogens (tertiary/aromatic N) is 2. The fourth-order valence-electron chi connectivity index (χ4n) is 3.82. The van der Waals surface area contributed by atoms with E-state index in [1.165, 1.54) is 5.69 Å². The third-order valence-corrected chi connectivity index (χ3v) is 5.45. The molecule has 28 heavy (non-hydrogen) atoms. The molecule has 1 fully saturated rings. The number of aromatic hydroxyl groups is 1. The standard InChI is InChI=1S/C22H27N3O3/c26-19-5-3-18(4-6-19)25-13-11-24(12-14-25)10-1-15-28-20-7-8-21-17(16-20)2-9-22(27)23-21/h3-8,16,26H,1-2,9-15H2,(H,23,27). The number of nitrogens with one attached hydrogen (secondary N) is 1. The van der Waals surface area contributed by atoms with Crippen LogP contribution in [0.25, 0.3) is 0 Å². The van der Waals surface area contributed by atoms with Crippen LogP contribution >= 0.6 is 0 Å². The Balaban J connectivity index is 1.17. The summed E-state index contributed by atoms with van der Waals surface area (Å²) in [4.78, 5) is 16.3. The molecule has 0 saturated carbocycles. The molecular formula is C22H27N3O3. The summed E-state index contributed by atoms with van der Waals surface area (Å²) in [5.74, 6) is 1.28. The first-order valence-electron chi connectivity index (χ1n) is 9.99. The first kappa shape index (κ1) is 18.6. The van der Waals surface area contributed by atoms with Crippen molar-refractivity contribution in [2.75, 3.05) is 49.5 Å². The Morgan fingerprint density at radius 3 is 2.57 bits per heavy atom. The predicted octanol–water partition coefficient (Wildman–Crippen LogP) is 2.87. The topological polar surface area (TPSA) is 65.0 Å². The third kappa shape index (κ3) is 4.57. The van der Waals surface area contributed by atoms with Gasteiger partial charge in [-0.25, -0.2) is 0 Å². The van der Waals surface area contributed by atoms with Gasteiger partial charge in [0.15, 0.2) is 0 Å². The van der Waals surface area contributed by atoms with Gasteiger partial charge in [-0.15, -0.1) is 0 Å². The van der Waals surface area contributed by atoms with E-state index in [2.05, 4.69) is 15.1 Å². The number of carbonyl (C=O) groups is 1. The molecular weight excluding hydrogens is 354 g/mol. The molecule has 0 aromatic heterocycles. The maximum absolute atomic E-state index is 11.4. The van der Waals surface area contributed by atoms with Gasteiger partial charge in [-0.1, -0.05) is 0 Å². The predicted molar refractivity (Wildman–Crippen MR) is 110 cm³/mol. The molecule has 0 radical (unpaired) electrons. The minimum absolute atomic E-state index is 0.0895. The monoisotopic (exact) mass is 381 g/mol. The molecule has 0 bridgehead atoms. The lowest BCUT2D eigenvalue weighted by molar-refractivity contribution is -0.116. The number of benzene rings is 2. The summed E-state index contributed by atoms with van der Waals surface area (Å²) in [6.45, 7) is 5.82. The van der Waals surface area contributed by atoms with Crippen molar-refractivity contribution in [3.8, 4) is 11.5 Å². The van der Waals surface area contributed by atoms with Crippen LogP contribution in [0.3, 0.4) is 0 Å². The van der Waals surface area contributed by atoms with Gasteiger partial charge in [-0.3, -0.25) is 9.69 Å². The van der Waals surface area contributed by atoms with Crippen LogP contribution in [0, 0.1) is 0 Å². The number of piperazine rings is 1. The SMILES string of the molecule is O=C1CCc2cc(OCCCN3CCN(c4ccc(O)cc4)CC3)ccc2N1. The van der Waals surface area contributed by atoms with E-state index in [1.807, 2.05) is 30.3 Å². The highest BCUT2D eigenvalue weighted by molar-refractivity contribution is 5.93. The molecule has 0 aliphatic carbocycles. The average molecular weight is 381 g/mol. The van der Waals surface area contributed by atoms with Crippen molar-refractivity contribution in [2.24, 2.45) is 0 Å². The van der Waals surface area contributed by atoms with Crippen molar-refractivity contribution in [1.82, 2.24) is 4.90 Å². The maximum atomic E-state index is 11.4. The summed E-state index contributed by atoms with van der Waals surface area (Å²) in [7, 11) is 0. The fourth-order valence-corrected chi connectivity index (χ4v) is 3.82. The summed E-state index contributed by atoms with van der Waals surface area (Å²) in [5.41, 5.74) is 3.24. The summed E-state index contributed by atoms with van der Waals surface area (Å²) in [6, 6.07) is 13.4. The molecule has 6 heteroatoms. The van der Waals surface area contributed by atoms with Crippen LogP contribution in [-0.4, -0.2) is 55.2 Å². The molecule has 0 unspecified atom stereocenters. The third-order valence-electron chi connectivity index (χ3n) is 5.45. The summed E-state index contributed by atoms with van der Waals surface area (Å²) < 4.78 is 5.92. The van der Waals surface area contributed by atoms with Crippen LogP contribution in [0.1, 0.15) is 18.4 Å². The van der Waals surface area contributed by atoms with Gasteiger partial charge in [-0.05, 0) is 60.9 Å². The number of phenolic OH excluding ortho intramolecular Hbond substituents is 1. The molecule has 2 aliphatic rings. The Morgan fingerprint density at radius 1 is 1.00 bits per heavy atom. The molecule has 2 aromatic carbocycles. The largest absolute Gasteiger partial charge is 0.508 e. The molecule has 1 amide bonds. The number of anilines is 2. The Kier molecular flexibility index (Phi) is 5.67. The van der Waals surface area contributed by atoms with Gasteiger partial charge in [-0.2, -0.15) is 0 Å². The molecule has 2 aromatic rings. The van der Waals surface area contributed by atoms with Gasteiger partial charge in [0.25, 0.3) is 0 Å². The summed E-state index contributed by atoms with van der Waals surface area (Å²) >= 11 is 0. The second kappa shape index (κ2) is 8.52. The molecule has 2 heterocycles. The normalized spacial score (nSPS) is 17.1. The van der Waals surface area contributed by atoms with E-state index in [1.54, 1.807) is 12.1 Å². The van der Waals surface area contributed by atoms with Gasteiger partial charge < -0.3 is 20.1 Å². The average Bonchev–Trinajstić information content (AvgIpc) is 2.72. The number of phenols is 1. The summed E-state index contributed by atoms with van der Waals surface area (Å²) in [6.07, 6.45) is 2.32. The summed E-state index contributed by atoms with van der Waals surface area (Å²) in [5, 5.41) is 12.3. The van der Waals surface area contributed by atoms with Crippen molar-refractivity contribution in [3.05, 3.63) is 48.0 Å². The number of carbonyl (C=O) groups excluding carboxylic acids is 1. The Hall–Kier alpha value is -2.73. The van der Waals surface area contributed by atoms with Crippen LogP contribution in [0.5, 0.6) is 11.5 Å². The Labute approximate surface area is 165 Å². The molecule has 148 valence electrons. The van der Waals surface area contributed by atoms with Crippen molar-refractivity contribution in [2.45, 2.75) is 19.3 Å². The minimum atomic E-state index is 0.0895. The highest BCUT2D eigenvalue weighted by Gasteiger charge is 2.17. The maximum Gasteiger partial charge on any atom is 0.224 e. The van der Waals surface area contributed by atoms with E-state index in [-0.39, 0.29) is 5.91 Å². The fraction of sp³-hybridized carbons (Fsp3) is 0.409. The number of ether oxygens (including phenoxy) is 1. The van der Waals surface area contributed by atoms with Crippen LogP contribution in [-0.2, 0) is 11.2 Å². The van der Waals surface area contributed by atoms with E-state index in [0.29, 0.717) is 18.8 Å². The molecule has 0 spiro atoms. The van der Waals surface area contributed by atoms with Crippen molar-refractivity contribution >= 4 is 17.3 Å². The molecule has 1 saturated heterocycles. The molecule has 2 aliphatic heterocycles. The minimum Gasteiger partial charge on any atom is -0.508 e. The van der Waals surface area contributed by atoms with Gasteiger partial charge in [0, 0.05) is 50.5 Å². The van der Waals surface area contributed by atoms with E-state index in [0.717, 1.165) is 62.6 Å². The zero-order valence-corrected chi connectivity index (χ0v) is 16.1. The lowest BCUT2D eigenvalue weighted by Gasteiger charge is -2.36. The van der Waals surface area contributed by atoms with E-state index in [4.69, 9.17) is 4.74 Å². The Morgan fingerprint density at radius 2 is 1.79 bits per heavy atom. The van der Waals surface area contributed by atoms with Crippen LogP contribution in [0.2, 0.25) is 0 Å². The van der Waals surface area contributed by atoms with E-state index in [9.17, 15) is 9.90 Å². The first-order valence-corrected chi connectivity index (χ1v) is 9.99. The van der Waals surface area contributed by atoms with Crippen LogP contribution in [0.4, 0.5) is 11.4 Å². The number of hydrogen-bond acceptors (Lipinski definition) is 5. The lowest BCUT2D eigenvalue weighted by Crippen LogP contribution is -2.46. The van der Waals surface area contributed by atoms with E-state index < -0.39 is 0 Å². The molecule has 4 rings (SSSR count). The number of amides is 1. The number of rotatable bonds is 6. The van der Waals surface area contributed by atoms with Crippen LogP contribution < -0.4 is 15.0 Å². The number of hydrogen-bond donors (Lipinski definition) is 2. The molecule has 0 atom stereocenters. The van der Waals surface area contributed by atoms with E-state index >= 15 is 0 Å². The highest BCUT2D eigenvalue weighted by atomic mass is 16.5. The smallest absolute Gasteiger partial charge is 0.224 e. The highest BCUT2D eigenvalue weighted by Crippen LogP contribution is 2.27. The Bertz CT molecular complexity index is 814. The zero-order valence-electron chi connectivity index (χ0n) is 16.1. The van der Waals surface area contributed by atoms with Gasteiger partial charge >= 0.3 is 0 Å². The van der Waals surface area contributed by atoms with Crippen molar-refractivity contribution < 1.29 is 14.6 Å². The molecule has 2 N–H and O–H groups in total. The van der Waals surface area contributed by atoms with Gasteiger partial charge in [0.2, 0.25) is 5.91 Å². The van der Waals surface area contributed by atoms with Crippen molar-refractivity contribution in [3.63, 3.8) is 0 Å². The van der Waals surface area contributed by atoms with Crippen molar-refractivity contribution in [1.29, 1.82) is 0 Å². The number of fused-ring (bicyclic) bond motifs is 1. The molecule has 6 nitrogen and oxygen atoms in total. The zero-order chi connectivity index (χ0) is 19.3. The van der Waals surface area contributed by atoms with Gasteiger partial charge in [0.05, 0.1) is 6.61 Å². The van der Waals surface area contributed by atoms with Crippen LogP contribution in [0.15, 0.2) is 42.5 Å². The second-order valence-corrected chi connectivity index (χ2v) is 7.41. The van der Waals surface area contributed by atoms with Gasteiger partial charge in [0.1, 0.15) is 11.5 Å².